The van der Waals surface area contributed by atoms with Crippen LogP contribution in [0.1, 0.15) is 19.4 Å². The number of amides is 1. The molecule has 0 aromatic heterocycles. The zero-order chi connectivity index (χ0) is 15.3. The van der Waals surface area contributed by atoms with Crippen LogP contribution in [0, 0.1) is 0 Å². The van der Waals surface area contributed by atoms with Gasteiger partial charge in [0.1, 0.15) is 0 Å². The van der Waals surface area contributed by atoms with Crippen molar-refractivity contribution in [1.29, 1.82) is 0 Å². The molecule has 0 saturated carbocycles. The molecule has 5 nitrogen and oxygen atoms in total. The van der Waals surface area contributed by atoms with Gasteiger partial charge in [-0.3, -0.25) is 4.79 Å². The molecular weight excluding hydrogens is 344 g/mol. The zero-order valence-electron chi connectivity index (χ0n) is 11.8. The van der Waals surface area contributed by atoms with Crippen molar-refractivity contribution in [3.63, 3.8) is 0 Å². The van der Waals surface area contributed by atoms with E-state index in [0.29, 0.717) is 0 Å². The monoisotopic (exact) mass is 362 g/mol. The van der Waals surface area contributed by atoms with Crippen molar-refractivity contribution in [2.45, 2.75) is 26.4 Å². The van der Waals surface area contributed by atoms with Gasteiger partial charge in [0.2, 0.25) is 15.9 Å². The number of halogens is 1. The first kappa shape index (κ1) is 17.1. The molecule has 0 aliphatic heterocycles. The van der Waals surface area contributed by atoms with Gasteiger partial charge in [-0.05, 0) is 31.5 Å². The van der Waals surface area contributed by atoms with Crippen LogP contribution in [0.3, 0.4) is 0 Å². The highest BCUT2D eigenvalue weighted by Gasteiger charge is 2.20. The smallest absolute Gasteiger partial charge is 0.235 e. The Balaban J connectivity index is 2.80. The van der Waals surface area contributed by atoms with Crippen LogP contribution in [0.15, 0.2) is 28.7 Å². The van der Waals surface area contributed by atoms with Gasteiger partial charge in [0.15, 0.2) is 0 Å². The molecule has 0 heterocycles. The predicted octanol–water partition coefficient (Wildman–Crippen LogP) is 1.74. The average molecular weight is 363 g/mol. The molecule has 0 radical (unpaired) electrons. The van der Waals surface area contributed by atoms with Crippen molar-refractivity contribution in [3.05, 3.63) is 34.3 Å². The first-order valence-corrected chi connectivity index (χ1v) is 8.81. The van der Waals surface area contributed by atoms with Gasteiger partial charge >= 0.3 is 0 Å². The molecule has 1 aromatic carbocycles. The Bertz CT molecular complexity index is 555. The number of nitrogens with one attached hydrogen (secondary N) is 1. The van der Waals surface area contributed by atoms with Crippen LogP contribution in [0.25, 0.3) is 0 Å². The second-order valence-electron chi connectivity index (χ2n) is 4.88. The summed E-state index contributed by atoms with van der Waals surface area (Å²) in [5, 5.41) is 2.69. The molecule has 20 heavy (non-hydrogen) atoms. The molecule has 1 N–H and O–H groups in total. The number of sulfonamides is 1. The van der Waals surface area contributed by atoms with E-state index in [0.717, 1.165) is 20.6 Å². The first-order valence-electron chi connectivity index (χ1n) is 6.17. The molecule has 0 saturated heterocycles. The van der Waals surface area contributed by atoms with Crippen LogP contribution in [0.4, 0.5) is 0 Å². The van der Waals surface area contributed by atoms with E-state index in [9.17, 15) is 13.2 Å². The van der Waals surface area contributed by atoms with Crippen LogP contribution in [0.2, 0.25) is 0 Å². The fourth-order valence-electron chi connectivity index (χ4n) is 1.61. The molecule has 0 aliphatic carbocycles. The first-order chi connectivity index (χ1) is 9.18. The number of hydrogen-bond donors (Lipinski definition) is 1. The van der Waals surface area contributed by atoms with Gasteiger partial charge in [-0.25, -0.2) is 8.42 Å². The van der Waals surface area contributed by atoms with Gasteiger partial charge in [0.25, 0.3) is 0 Å². The Hall–Kier alpha value is -0.920. The van der Waals surface area contributed by atoms with E-state index < -0.39 is 10.0 Å². The van der Waals surface area contributed by atoms with Crippen LogP contribution in [-0.2, 0) is 21.4 Å². The molecule has 1 rings (SSSR count). The van der Waals surface area contributed by atoms with Crippen molar-refractivity contribution in [2.24, 2.45) is 0 Å². The lowest BCUT2D eigenvalue weighted by atomic mass is 10.2. The fraction of sp³-hybridized carbons (Fsp3) is 0.462. The third-order valence-electron chi connectivity index (χ3n) is 2.51. The molecule has 0 unspecified atom stereocenters. The summed E-state index contributed by atoms with van der Waals surface area (Å²) >= 11 is 3.32. The van der Waals surface area contributed by atoms with Crippen LogP contribution < -0.4 is 5.32 Å². The zero-order valence-corrected chi connectivity index (χ0v) is 14.2. The Labute approximate surface area is 128 Å². The van der Waals surface area contributed by atoms with E-state index in [4.69, 9.17) is 0 Å². The number of nitrogens with zero attached hydrogens (tertiary/aromatic N) is 1. The second kappa shape index (κ2) is 7.19. The molecular formula is C13H19BrN2O3S. The van der Waals surface area contributed by atoms with Crippen LogP contribution in [0.5, 0.6) is 0 Å². The number of benzene rings is 1. The molecule has 1 amide bonds. The number of carbonyl (C=O) groups excluding carboxylic acids is 1. The van der Waals surface area contributed by atoms with Crippen molar-refractivity contribution in [3.8, 4) is 0 Å². The van der Waals surface area contributed by atoms with E-state index in [1.807, 2.05) is 38.1 Å². The van der Waals surface area contributed by atoms with Crippen LogP contribution >= 0.6 is 15.9 Å². The summed E-state index contributed by atoms with van der Waals surface area (Å²) < 4.78 is 25.6. The topological polar surface area (TPSA) is 66.5 Å². The average Bonchev–Trinajstić information content (AvgIpc) is 2.28. The van der Waals surface area contributed by atoms with E-state index >= 15 is 0 Å². The van der Waals surface area contributed by atoms with Gasteiger partial charge < -0.3 is 5.32 Å². The molecule has 0 bridgehead atoms. The minimum atomic E-state index is -3.44. The highest BCUT2D eigenvalue weighted by molar-refractivity contribution is 9.10. The summed E-state index contributed by atoms with van der Waals surface area (Å²) in [6.45, 7) is 3.67. The number of hydrogen-bond acceptors (Lipinski definition) is 3. The van der Waals surface area contributed by atoms with Crippen LogP contribution in [-0.4, -0.2) is 37.5 Å². The summed E-state index contributed by atoms with van der Waals surface area (Å²) in [5.74, 6) is -0.303. The Kier molecular flexibility index (Phi) is 6.16. The number of rotatable bonds is 6. The van der Waals surface area contributed by atoms with E-state index in [1.54, 1.807) is 0 Å². The Morgan fingerprint density at radius 2 is 1.85 bits per heavy atom. The maximum Gasteiger partial charge on any atom is 0.235 e. The SMILES string of the molecule is CC(C)NC(=O)CN(Cc1ccc(Br)cc1)S(C)(=O)=O. The van der Waals surface area contributed by atoms with Crippen molar-refractivity contribution >= 4 is 31.9 Å². The second-order valence-corrected chi connectivity index (χ2v) is 7.78. The van der Waals surface area contributed by atoms with Gasteiger partial charge in [-0.2, -0.15) is 4.31 Å². The largest absolute Gasteiger partial charge is 0.353 e. The molecule has 112 valence electrons. The fourth-order valence-corrected chi connectivity index (χ4v) is 2.61. The molecule has 0 aliphatic rings. The summed E-state index contributed by atoms with van der Waals surface area (Å²) in [4.78, 5) is 11.7. The van der Waals surface area contributed by atoms with E-state index in [2.05, 4.69) is 21.2 Å². The molecule has 0 fully saturated rings. The quantitative estimate of drug-likeness (QED) is 0.837. The molecule has 1 aromatic rings. The molecule has 0 atom stereocenters. The third-order valence-corrected chi connectivity index (χ3v) is 4.24. The third kappa shape index (κ3) is 6.02. The molecule has 7 heteroatoms. The summed E-state index contributed by atoms with van der Waals surface area (Å²) in [7, 11) is -3.44. The maximum absolute atomic E-state index is 11.8. The standard InChI is InChI=1S/C13H19BrN2O3S/c1-10(2)15-13(17)9-16(20(3,18)19)8-11-4-6-12(14)7-5-11/h4-7,10H,8-9H2,1-3H3,(H,15,17). The van der Waals surface area contributed by atoms with Gasteiger partial charge in [0.05, 0.1) is 12.8 Å². The predicted molar refractivity (Wildman–Crippen MR) is 82.7 cm³/mol. The van der Waals surface area contributed by atoms with E-state index in [-0.39, 0.29) is 25.0 Å². The lowest BCUT2D eigenvalue weighted by Gasteiger charge is -2.20. The minimum absolute atomic E-state index is 0.0170. The Morgan fingerprint density at radius 3 is 2.30 bits per heavy atom. The minimum Gasteiger partial charge on any atom is -0.353 e. The van der Waals surface area contributed by atoms with E-state index in [1.165, 1.54) is 0 Å². The summed E-state index contributed by atoms with van der Waals surface area (Å²) in [6, 6.07) is 7.30. The normalized spacial score (nSPS) is 11.9. The van der Waals surface area contributed by atoms with Gasteiger partial charge in [-0.15, -0.1) is 0 Å². The summed E-state index contributed by atoms with van der Waals surface area (Å²) in [5.41, 5.74) is 0.830. The molecule has 0 spiro atoms. The van der Waals surface area contributed by atoms with Crippen molar-refractivity contribution in [2.75, 3.05) is 12.8 Å². The maximum atomic E-state index is 11.8. The van der Waals surface area contributed by atoms with Gasteiger partial charge in [0, 0.05) is 17.1 Å². The van der Waals surface area contributed by atoms with Crippen molar-refractivity contribution in [1.82, 2.24) is 9.62 Å². The highest BCUT2D eigenvalue weighted by atomic mass is 79.9. The number of carbonyl (C=O) groups is 1. The summed E-state index contributed by atoms with van der Waals surface area (Å²) in [6.07, 6.45) is 1.11. The van der Waals surface area contributed by atoms with Gasteiger partial charge in [-0.1, -0.05) is 28.1 Å². The Morgan fingerprint density at radius 1 is 1.30 bits per heavy atom. The lowest BCUT2D eigenvalue weighted by molar-refractivity contribution is -0.121. The van der Waals surface area contributed by atoms with Crippen molar-refractivity contribution < 1.29 is 13.2 Å². The lowest BCUT2D eigenvalue weighted by Crippen LogP contribution is -2.42. The highest BCUT2D eigenvalue weighted by Crippen LogP contribution is 2.13.